The molecule has 0 aromatic heterocycles. The molecular formula is C23H14N2O2S. The van der Waals surface area contributed by atoms with Crippen molar-refractivity contribution in [3.05, 3.63) is 101 Å². The van der Waals surface area contributed by atoms with E-state index < -0.39 is 0 Å². The lowest BCUT2D eigenvalue weighted by Gasteiger charge is -2.15. The van der Waals surface area contributed by atoms with Crippen LogP contribution in [0, 0.1) is 11.3 Å². The highest BCUT2D eigenvalue weighted by molar-refractivity contribution is 8.04. The first-order valence-corrected chi connectivity index (χ1v) is 9.42. The molecule has 3 aromatic rings. The van der Waals surface area contributed by atoms with Gasteiger partial charge in [-0.2, -0.15) is 5.26 Å². The highest BCUT2D eigenvalue weighted by atomic mass is 32.2. The third-order valence-corrected chi connectivity index (χ3v) is 5.41. The van der Waals surface area contributed by atoms with Gasteiger partial charge in [0.25, 0.3) is 11.8 Å². The Balaban J connectivity index is 1.80. The quantitative estimate of drug-likeness (QED) is 0.617. The minimum atomic E-state index is -0.362. The number of hydrogen-bond acceptors (Lipinski definition) is 4. The van der Waals surface area contributed by atoms with Gasteiger partial charge in [0.15, 0.2) is 0 Å². The van der Waals surface area contributed by atoms with Crippen LogP contribution in [0.25, 0.3) is 5.57 Å². The number of anilines is 1. The van der Waals surface area contributed by atoms with E-state index in [9.17, 15) is 9.59 Å². The van der Waals surface area contributed by atoms with Crippen LogP contribution in [0.3, 0.4) is 0 Å². The Kier molecular flexibility index (Phi) is 4.79. The summed E-state index contributed by atoms with van der Waals surface area (Å²) in [6.07, 6.45) is 0. The summed E-state index contributed by atoms with van der Waals surface area (Å²) in [5.74, 6) is -0.721. The predicted octanol–water partition coefficient (Wildman–Crippen LogP) is 4.64. The smallest absolute Gasteiger partial charge is 0.268 e. The Hall–Kier alpha value is -3.62. The van der Waals surface area contributed by atoms with E-state index >= 15 is 0 Å². The van der Waals surface area contributed by atoms with Crippen molar-refractivity contribution in [2.24, 2.45) is 0 Å². The zero-order valence-electron chi connectivity index (χ0n) is 14.7. The molecule has 0 atom stereocenters. The molecule has 4 nitrogen and oxygen atoms in total. The molecule has 4 rings (SSSR count). The number of nitriles is 1. The van der Waals surface area contributed by atoms with Crippen LogP contribution < -0.4 is 4.90 Å². The van der Waals surface area contributed by atoms with E-state index in [1.807, 2.05) is 66.7 Å². The first-order chi connectivity index (χ1) is 13.7. The first-order valence-electron chi connectivity index (χ1n) is 8.60. The zero-order chi connectivity index (χ0) is 19.5. The van der Waals surface area contributed by atoms with Gasteiger partial charge in [-0.3, -0.25) is 9.59 Å². The number of carbonyl (C=O) groups is 2. The Morgan fingerprint density at radius 2 is 1.36 bits per heavy atom. The summed E-state index contributed by atoms with van der Waals surface area (Å²) in [4.78, 5) is 28.9. The van der Waals surface area contributed by atoms with Gasteiger partial charge in [0, 0.05) is 4.90 Å². The number of thioether (sulfide) groups is 1. The van der Waals surface area contributed by atoms with E-state index in [2.05, 4.69) is 0 Å². The minimum absolute atomic E-state index is 0.359. The number of imide groups is 1. The molecule has 0 bridgehead atoms. The van der Waals surface area contributed by atoms with Crippen molar-refractivity contribution in [3.63, 3.8) is 0 Å². The van der Waals surface area contributed by atoms with Crippen LogP contribution in [0.5, 0.6) is 0 Å². The second-order valence-electron chi connectivity index (χ2n) is 6.09. The highest BCUT2D eigenvalue weighted by Gasteiger charge is 2.40. The summed E-state index contributed by atoms with van der Waals surface area (Å²) in [6.45, 7) is 0. The van der Waals surface area contributed by atoms with Crippen LogP contribution in [0.4, 0.5) is 5.69 Å². The van der Waals surface area contributed by atoms with E-state index in [0.29, 0.717) is 27.3 Å². The van der Waals surface area contributed by atoms with Gasteiger partial charge in [-0.1, -0.05) is 60.3 Å². The fraction of sp³-hybridized carbons (Fsp3) is 0. The van der Waals surface area contributed by atoms with E-state index in [0.717, 1.165) is 4.90 Å². The van der Waals surface area contributed by atoms with E-state index in [-0.39, 0.29) is 11.8 Å². The van der Waals surface area contributed by atoms with Gasteiger partial charge < -0.3 is 0 Å². The van der Waals surface area contributed by atoms with E-state index in [1.165, 1.54) is 16.7 Å². The second-order valence-corrected chi connectivity index (χ2v) is 7.17. The molecule has 134 valence electrons. The topological polar surface area (TPSA) is 61.2 Å². The van der Waals surface area contributed by atoms with Crippen LogP contribution in [0.15, 0.2) is 94.7 Å². The molecule has 3 aromatic carbocycles. The fourth-order valence-electron chi connectivity index (χ4n) is 2.99. The number of benzene rings is 3. The zero-order valence-corrected chi connectivity index (χ0v) is 15.5. The molecule has 28 heavy (non-hydrogen) atoms. The molecule has 0 fully saturated rings. The minimum Gasteiger partial charge on any atom is -0.268 e. The Bertz CT molecular complexity index is 1110. The fourth-order valence-corrected chi connectivity index (χ4v) is 4.00. The molecule has 0 saturated heterocycles. The highest BCUT2D eigenvalue weighted by Crippen LogP contribution is 2.41. The van der Waals surface area contributed by atoms with Gasteiger partial charge >= 0.3 is 0 Å². The van der Waals surface area contributed by atoms with Crippen molar-refractivity contribution in [2.45, 2.75) is 4.90 Å². The first kappa shape index (κ1) is 17.8. The maximum absolute atomic E-state index is 13.2. The number of rotatable bonds is 4. The maximum atomic E-state index is 13.2. The third kappa shape index (κ3) is 3.22. The lowest BCUT2D eigenvalue weighted by Crippen LogP contribution is -2.31. The molecule has 5 heteroatoms. The largest absolute Gasteiger partial charge is 0.272 e. The molecule has 1 heterocycles. The van der Waals surface area contributed by atoms with Crippen LogP contribution in [0.2, 0.25) is 0 Å². The summed E-state index contributed by atoms with van der Waals surface area (Å²) in [7, 11) is 0. The molecule has 0 aliphatic carbocycles. The number of amides is 2. The summed E-state index contributed by atoms with van der Waals surface area (Å²) in [6, 6.07) is 27.2. The predicted molar refractivity (Wildman–Crippen MR) is 109 cm³/mol. The molecular weight excluding hydrogens is 368 g/mol. The van der Waals surface area contributed by atoms with Crippen LogP contribution >= 0.6 is 11.8 Å². The van der Waals surface area contributed by atoms with Gasteiger partial charge in [0.2, 0.25) is 0 Å². The van der Waals surface area contributed by atoms with Crippen LogP contribution in [-0.2, 0) is 9.59 Å². The van der Waals surface area contributed by atoms with Crippen molar-refractivity contribution in [1.82, 2.24) is 0 Å². The average molecular weight is 382 g/mol. The van der Waals surface area contributed by atoms with Gasteiger partial charge in [-0.05, 0) is 42.0 Å². The number of hydrogen-bond donors (Lipinski definition) is 0. The van der Waals surface area contributed by atoms with Gasteiger partial charge in [-0.15, -0.1) is 0 Å². The molecule has 0 N–H and O–H groups in total. The average Bonchev–Trinajstić information content (AvgIpc) is 2.99. The second kappa shape index (κ2) is 7.55. The lowest BCUT2D eigenvalue weighted by atomic mass is 10.1. The van der Waals surface area contributed by atoms with Crippen molar-refractivity contribution in [3.8, 4) is 6.07 Å². The summed E-state index contributed by atoms with van der Waals surface area (Å²) in [5, 5.41) is 8.99. The van der Waals surface area contributed by atoms with Crippen molar-refractivity contribution in [2.75, 3.05) is 4.90 Å². The van der Waals surface area contributed by atoms with Gasteiger partial charge in [-0.25, -0.2) is 4.90 Å². The number of nitrogens with zero attached hydrogens (tertiary/aromatic N) is 2. The number of carbonyl (C=O) groups excluding carboxylic acids is 2. The van der Waals surface area contributed by atoms with Crippen molar-refractivity contribution in [1.29, 1.82) is 5.26 Å². The monoisotopic (exact) mass is 382 g/mol. The molecule has 2 amide bonds. The normalized spacial score (nSPS) is 13.8. The third-order valence-electron chi connectivity index (χ3n) is 4.32. The van der Waals surface area contributed by atoms with E-state index in [1.54, 1.807) is 24.3 Å². The molecule has 0 spiro atoms. The van der Waals surface area contributed by atoms with Gasteiger partial charge in [0.1, 0.15) is 0 Å². The lowest BCUT2D eigenvalue weighted by molar-refractivity contribution is -0.119. The standard InChI is InChI=1S/C23H14N2O2S/c24-15-16-11-13-18(14-12-16)25-22(26)20(17-7-3-1-4-8-17)21(23(25)27)28-19-9-5-2-6-10-19/h1-14H. The van der Waals surface area contributed by atoms with Crippen molar-refractivity contribution < 1.29 is 9.59 Å². The Morgan fingerprint density at radius 1 is 0.750 bits per heavy atom. The van der Waals surface area contributed by atoms with Crippen LogP contribution in [-0.4, -0.2) is 11.8 Å². The van der Waals surface area contributed by atoms with Crippen LogP contribution in [0.1, 0.15) is 11.1 Å². The SMILES string of the molecule is N#Cc1ccc(N2C(=O)C(Sc3ccccc3)=C(c3ccccc3)C2=O)cc1. The summed E-state index contributed by atoms with van der Waals surface area (Å²) < 4.78 is 0. The molecule has 0 unspecified atom stereocenters. The summed E-state index contributed by atoms with van der Waals surface area (Å²) >= 11 is 1.29. The molecule has 1 aliphatic rings. The Morgan fingerprint density at radius 3 is 1.96 bits per heavy atom. The molecule has 0 saturated carbocycles. The van der Waals surface area contributed by atoms with Gasteiger partial charge in [0.05, 0.1) is 27.8 Å². The Labute approximate surface area is 166 Å². The maximum Gasteiger partial charge on any atom is 0.272 e. The van der Waals surface area contributed by atoms with E-state index in [4.69, 9.17) is 5.26 Å². The van der Waals surface area contributed by atoms with Crippen molar-refractivity contribution >= 4 is 34.8 Å². The summed E-state index contributed by atoms with van der Waals surface area (Å²) in [5.41, 5.74) is 2.02. The molecule has 1 aliphatic heterocycles. The molecule has 0 radical (unpaired) electrons.